The van der Waals surface area contributed by atoms with Gasteiger partial charge < -0.3 is 10.2 Å². The van der Waals surface area contributed by atoms with Crippen molar-refractivity contribution in [2.75, 3.05) is 11.5 Å². The molecule has 2 unspecified atom stereocenters. The van der Waals surface area contributed by atoms with Gasteiger partial charge in [-0.05, 0) is 61.1 Å². The lowest BCUT2D eigenvalue weighted by Gasteiger charge is -2.56. The van der Waals surface area contributed by atoms with E-state index < -0.39 is 0 Å². The maximum atomic E-state index is 9.70. The van der Waals surface area contributed by atoms with Crippen molar-refractivity contribution in [2.45, 2.75) is 76.7 Å². The van der Waals surface area contributed by atoms with E-state index in [1.807, 2.05) is 35.7 Å². The minimum absolute atomic E-state index is 0.0317. The summed E-state index contributed by atoms with van der Waals surface area (Å²) in [5.74, 6) is 4.54. The Balaban J connectivity index is 0.000000200. The number of unbranched alkanes of at least 4 members (excludes halogenated alkanes) is 3. The molecule has 1 heterocycles. The summed E-state index contributed by atoms with van der Waals surface area (Å²) in [5, 5.41) is 19.4. The van der Waals surface area contributed by atoms with E-state index in [1.54, 1.807) is 5.57 Å². The number of thioether (sulfide) groups is 2. The molecule has 0 radical (unpaired) electrons. The van der Waals surface area contributed by atoms with E-state index in [0.29, 0.717) is 5.41 Å². The first-order valence-electron chi connectivity index (χ1n) is 11.3. The summed E-state index contributed by atoms with van der Waals surface area (Å²) in [7, 11) is 0. The van der Waals surface area contributed by atoms with Gasteiger partial charge in [0.1, 0.15) is 11.5 Å². The Labute approximate surface area is 185 Å². The lowest BCUT2D eigenvalue weighted by molar-refractivity contribution is -0.00579. The maximum Gasteiger partial charge on any atom is 0.119 e. The molecule has 0 aromatic heterocycles. The molecule has 2 bridgehead atoms. The molecule has 1 saturated heterocycles. The Morgan fingerprint density at radius 1 is 1.00 bits per heavy atom. The zero-order valence-electron chi connectivity index (χ0n) is 18.5. The van der Waals surface area contributed by atoms with Crippen molar-refractivity contribution in [3.8, 4) is 11.5 Å². The molecule has 0 spiro atoms. The van der Waals surface area contributed by atoms with Crippen molar-refractivity contribution in [3.63, 3.8) is 0 Å². The van der Waals surface area contributed by atoms with Gasteiger partial charge in [-0.3, -0.25) is 0 Å². The molecule has 2 atom stereocenters. The lowest BCUT2D eigenvalue weighted by Crippen LogP contribution is -2.47. The number of hydrogen-bond donors (Lipinski definition) is 2. The Morgan fingerprint density at radius 3 is 2.14 bits per heavy atom. The number of phenols is 2. The molecule has 0 amide bonds. The highest BCUT2D eigenvalue weighted by atomic mass is 32.2. The van der Waals surface area contributed by atoms with Crippen LogP contribution in [0.4, 0.5) is 0 Å². The van der Waals surface area contributed by atoms with Crippen molar-refractivity contribution in [1.29, 1.82) is 0 Å². The van der Waals surface area contributed by atoms with E-state index in [0.717, 1.165) is 35.3 Å². The summed E-state index contributed by atoms with van der Waals surface area (Å²) in [6, 6.07) is 5.02. The Morgan fingerprint density at radius 2 is 1.66 bits per heavy atom. The van der Waals surface area contributed by atoms with Crippen molar-refractivity contribution in [2.24, 2.45) is 17.3 Å². The Bertz CT molecular complexity index is 699. The molecule has 5 rings (SSSR count). The molecular formula is C25H38O2S2. The van der Waals surface area contributed by atoms with Crippen LogP contribution in [0.5, 0.6) is 11.5 Å². The molecule has 2 N–H and O–H groups in total. The number of benzene rings is 1. The fourth-order valence-electron chi connectivity index (χ4n) is 5.17. The van der Waals surface area contributed by atoms with Gasteiger partial charge in [0, 0.05) is 17.6 Å². The number of rotatable bonds is 6. The van der Waals surface area contributed by atoms with Gasteiger partial charge in [-0.15, -0.1) is 23.5 Å². The summed E-state index contributed by atoms with van der Waals surface area (Å²) in [6.07, 6.45) is 11.4. The highest BCUT2D eigenvalue weighted by Crippen LogP contribution is 2.59. The first kappa shape index (κ1) is 22.9. The van der Waals surface area contributed by atoms with Gasteiger partial charge in [0.25, 0.3) is 0 Å². The van der Waals surface area contributed by atoms with Gasteiger partial charge in [-0.1, -0.05) is 58.1 Å². The van der Waals surface area contributed by atoms with Crippen molar-refractivity contribution in [3.05, 3.63) is 35.4 Å². The minimum atomic E-state index is 0.0317. The quantitative estimate of drug-likeness (QED) is 0.355. The summed E-state index contributed by atoms with van der Waals surface area (Å²) in [6.45, 7) is 9.36. The Hall–Kier alpha value is -0.740. The monoisotopic (exact) mass is 434 g/mol. The molecule has 1 aliphatic heterocycles. The largest absolute Gasteiger partial charge is 0.508 e. The highest BCUT2D eigenvalue weighted by molar-refractivity contribution is 8.20. The van der Waals surface area contributed by atoms with Crippen molar-refractivity contribution >= 4 is 23.5 Å². The van der Waals surface area contributed by atoms with Crippen LogP contribution >= 0.6 is 23.5 Å². The third kappa shape index (κ3) is 5.12. The number of aromatic hydroxyl groups is 2. The summed E-state index contributed by atoms with van der Waals surface area (Å²) >= 11 is 3.92. The average Bonchev–Trinajstić information content (AvgIpc) is 3.15. The van der Waals surface area contributed by atoms with E-state index in [2.05, 4.69) is 33.8 Å². The fourth-order valence-corrected chi connectivity index (χ4v) is 8.47. The lowest BCUT2D eigenvalue weighted by atomic mass is 9.49. The van der Waals surface area contributed by atoms with E-state index in [1.165, 1.54) is 44.6 Å². The van der Waals surface area contributed by atoms with Crippen molar-refractivity contribution in [1.82, 2.24) is 0 Å². The SMILES string of the molecule is CC1=CCC2CC1C2(C)C.CCCCCCC1(c2cc(O)cc(O)c2)SCCS1. The maximum absolute atomic E-state index is 9.70. The number of phenolic OH excluding ortho intramolecular Hbond substituents is 2. The van der Waals surface area contributed by atoms with Gasteiger partial charge in [0.05, 0.1) is 4.08 Å². The van der Waals surface area contributed by atoms with E-state index in [9.17, 15) is 10.2 Å². The Kier molecular flexibility index (Phi) is 7.59. The first-order valence-corrected chi connectivity index (χ1v) is 13.2. The van der Waals surface area contributed by atoms with Crippen LogP contribution in [-0.2, 0) is 4.08 Å². The summed E-state index contributed by atoms with van der Waals surface area (Å²) in [4.78, 5) is 0. The molecule has 162 valence electrons. The second-order valence-electron chi connectivity index (χ2n) is 9.49. The molecule has 1 saturated carbocycles. The molecule has 2 fully saturated rings. The van der Waals surface area contributed by atoms with Crippen molar-refractivity contribution < 1.29 is 10.2 Å². The van der Waals surface area contributed by atoms with Crippen LogP contribution in [0, 0.1) is 17.3 Å². The van der Waals surface area contributed by atoms with Gasteiger partial charge in [-0.25, -0.2) is 0 Å². The van der Waals surface area contributed by atoms with Crippen LogP contribution in [0.25, 0.3) is 0 Å². The van der Waals surface area contributed by atoms with Crippen LogP contribution in [0.2, 0.25) is 0 Å². The highest BCUT2D eigenvalue weighted by Gasteiger charge is 2.49. The normalized spacial score (nSPS) is 26.1. The van der Waals surface area contributed by atoms with E-state index in [-0.39, 0.29) is 15.6 Å². The molecule has 3 aliphatic carbocycles. The summed E-state index contributed by atoms with van der Waals surface area (Å²) in [5.41, 5.74) is 3.35. The van der Waals surface area contributed by atoms with Crippen LogP contribution in [-0.4, -0.2) is 21.7 Å². The molecular weight excluding hydrogens is 396 g/mol. The zero-order chi connectivity index (χ0) is 21.1. The van der Waals surface area contributed by atoms with Crippen LogP contribution in [0.1, 0.15) is 78.2 Å². The topological polar surface area (TPSA) is 40.5 Å². The van der Waals surface area contributed by atoms with Crippen LogP contribution in [0.15, 0.2) is 29.8 Å². The summed E-state index contributed by atoms with van der Waals surface area (Å²) < 4.78 is 0.0317. The molecule has 4 aliphatic rings. The minimum Gasteiger partial charge on any atom is -0.508 e. The second-order valence-corrected chi connectivity index (χ2v) is 12.5. The smallest absolute Gasteiger partial charge is 0.119 e. The molecule has 1 aromatic carbocycles. The third-order valence-corrected chi connectivity index (χ3v) is 10.8. The second kappa shape index (κ2) is 9.60. The molecule has 2 nitrogen and oxygen atoms in total. The molecule has 1 aromatic rings. The van der Waals surface area contributed by atoms with Crippen LogP contribution in [0.3, 0.4) is 0 Å². The van der Waals surface area contributed by atoms with Gasteiger partial charge in [-0.2, -0.15) is 0 Å². The third-order valence-electron chi connectivity index (χ3n) is 7.20. The predicted molar refractivity (Wildman–Crippen MR) is 129 cm³/mol. The van der Waals surface area contributed by atoms with Gasteiger partial charge in [0.2, 0.25) is 0 Å². The van der Waals surface area contributed by atoms with Gasteiger partial charge >= 0.3 is 0 Å². The predicted octanol–water partition coefficient (Wildman–Crippen LogP) is 7.70. The number of hydrogen-bond acceptors (Lipinski definition) is 4. The zero-order valence-corrected chi connectivity index (χ0v) is 20.2. The standard InChI is InChI=1S/C15H22O2S2.C10H16/c1-2-3-4-5-6-15(18-7-8-19-15)12-9-13(16)11-14(17)10-12;1-7-4-5-8-6-9(7)10(8,2)3/h9-11,16-17H,2-8H2,1H3;4,8-9H,5-6H2,1-3H3. The fraction of sp³-hybridized carbons (Fsp3) is 0.680. The number of allylic oxidation sites excluding steroid dienone is 2. The van der Waals surface area contributed by atoms with E-state index >= 15 is 0 Å². The van der Waals surface area contributed by atoms with Gasteiger partial charge in [0.15, 0.2) is 0 Å². The molecule has 29 heavy (non-hydrogen) atoms. The average molecular weight is 435 g/mol. The first-order chi connectivity index (χ1) is 13.8. The van der Waals surface area contributed by atoms with E-state index in [4.69, 9.17) is 0 Å². The molecule has 4 heteroatoms. The van der Waals surface area contributed by atoms with Crippen LogP contribution < -0.4 is 0 Å². The number of fused-ring (bicyclic) bond motifs is 1.